The van der Waals surface area contributed by atoms with Crippen molar-refractivity contribution in [1.29, 1.82) is 0 Å². The molecule has 0 aliphatic heterocycles. The molecule has 1 N–H and O–H groups in total. The van der Waals surface area contributed by atoms with Crippen LogP contribution in [0.4, 0.5) is 5.69 Å². The van der Waals surface area contributed by atoms with Gasteiger partial charge >= 0.3 is 0 Å². The lowest BCUT2D eigenvalue weighted by Crippen LogP contribution is -2.33. The van der Waals surface area contributed by atoms with Gasteiger partial charge in [0.15, 0.2) is 5.75 Å². The molecule has 0 fully saturated rings. The van der Waals surface area contributed by atoms with Gasteiger partial charge in [-0.25, -0.2) is 8.42 Å². The third-order valence-corrected chi connectivity index (χ3v) is 6.78. The summed E-state index contributed by atoms with van der Waals surface area (Å²) < 4.78 is 33.7. The van der Waals surface area contributed by atoms with E-state index in [9.17, 15) is 18.0 Å². The number of nitrogens with zero attached hydrogens (tertiary/aromatic N) is 2. The van der Waals surface area contributed by atoms with Crippen LogP contribution in [0.5, 0.6) is 11.5 Å². The zero-order valence-electron chi connectivity index (χ0n) is 17.9. The predicted octanol–water partition coefficient (Wildman–Crippen LogP) is 3.31. The summed E-state index contributed by atoms with van der Waals surface area (Å²) in [6, 6.07) is 18.4. The molecule has 32 heavy (non-hydrogen) atoms. The molecule has 0 atom stereocenters. The van der Waals surface area contributed by atoms with Gasteiger partial charge in [-0.3, -0.25) is 9.59 Å². The Bertz CT molecular complexity index is 1240. The number of amides is 1. The van der Waals surface area contributed by atoms with Crippen molar-refractivity contribution < 1.29 is 17.9 Å². The predicted molar refractivity (Wildman–Crippen MR) is 122 cm³/mol. The van der Waals surface area contributed by atoms with Crippen LogP contribution in [0.1, 0.15) is 13.8 Å². The zero-order chi connectivity index (χ0) is 23.1. The van der Waals surface area contributed by atoms with Crippen LogP contribution in [0.25, 0.3) is 0 Å². The molecule has 0 spiro atoms. The first-order valence-corrected chi connectivity index (χ1v) is 11.6. The molecule has 1 aromatic heterocycles. The summed E-state index contributed by atoms with van der Waals surface area (Å²) in [5.41, 5.74) is -0.0474. The van der Waals surface area contributed by atoms with Gasteiger partial charge in [-0.1, -0.05) is 44.2 Å². The molecule has 0 aliphatic rings. The van der Waals surface area contributed by atoms with Crippen molar-refractivity contribution in [1.82, 2.24) is 8.87 Å². The topological polar surface area (TPSA) is 97.7 Å². The molecular weight excluding hydrogens is 430 g/mol. The van der Waals surface area contributed by atoms with Crippen molar-refractivity contribution in [2.45, 2.75) is 25.3 Å². The number of anilines is 1. The van der Waals surface area contributed by atoms with Crippen LogP contribution in [0, 0.1) is 0 Å². The second-order valence-electron chi connectivity index (χ2n) is 6.88. The number of benzene rings is 2. The number of para-hydroxylation sites is 3. The highest BCUT2D eigenvalue weighted by Crippen LogP contribution is 2.29. The molecule has 3 aromatic rings. The molecule has 0 saturated carbocycles. The van der Waals surface area contributed by atoms with Crippen molar-refractivity contribution in [3.63, 3.8) is 0 Å². The lowest BCUT2D eigenvalue weighted by molar-refractivity contribution is -0.116. The Morgan fingerprint density at radius 3 is 2.31 bits per heavy atom. The summed E-state index contributed by atoms with van der Waals surface area (Å²) in [5.74, 6) is 0.561. The van der Waals surface area contributed by atoms with E-state index in [1.165, 1.54) is 16.6 Å². The summed E-state index contributed by atoms with van der Waals surface area (Å²) in [4.78, 5) is 24.9. The van der Waals surface area contributed by atoms with Crippen molar-refractivity contribution in [2.75, 3.05) is 18.4 Å². The van der Waals surface area contributed by atoms with Gasteiger partial charge in [0.05, 0.1) is 10.6 Å². The van der Waals surface area contributed by atoms with Crippen LogP contribution >= 0.6 is 0 Å². The summed E-state index contributed by atoms with van der Waals surface area (Å²) in [6.07, 6.45) is 1.20. The van der Waals surface area contributed by atoms with E-state index in [0.717, 1.165) is 10.6 Å². The highest BCUT2D eigenvalue weighted by Gasteiger charge is 2.22. The second kappa shape index (κ2) is 10.3. The lowest BCUT2D eigenvalue weighted by Gasteiger charge is -2.19. The Hall–Kier alpha value is -3.43. The molecule has 9 heteroatoms. The molecule has 0 saturated heterocycles. The molecule has 8 nitrogen and oxygen atoms in total. The first-order valence-electron chi connectivity index (χ1n) is 10.2. The zero-order valence-corrected chi connectivity index (χ0v) is 18.7. The molecule has 3 rings (SSSR count). The van der Waals surface area contributed by atoms with Crippen LogP contribution in [-0.2, 0) is 21.4 Å². The molecule has 0 bridgehead atoms. The van der Waals surface area contributed by atoms with Crippen molar-refractivity contribution >= 4 is 21.6 Å². The van der Waals surface area contributed by atoms with Crippen LogP contribution in [0.2, 0.25) is 0 Å². The number of nitrogens with one attached hydrogen (secondary N) is 1. The summed E-state index contributed by atoms with van der Waals surface area (Å²) in [7, 11) is -3.75. The fourth-order valence-corrected chi connectivity index (χ4v) is 4.60. The third-order valence-electron chi connectivity index (χ3n) is 4.75. The first-order chi connectivity index (χ1) is 15.3. The van der Waals surface area contributed by atoms with Crippen molar-refractivity contribution in [3.8, 4) is 11.5 Å². The minimum Gasteiger partial charge on any atom is -0.455 e. The van der Waals surface area contributed by atoms with Gasteiger partial charge in [-0.05, 0) is 30.3 Å². The minimum absolute atomic E-state index is 0.0404. The minimum atomic E-state index is -3.75. The number of hydrogen-bond acceptors (Lipinski definition) is 5. The number of hydrogen-bond donors (Lipinski definition) is 1. The van der Waals surface area contributed by atoms with Gasteiger partial charge < -0.3 is 14.6 Å². The number of carbonyl (C=O) groups is 1. The molecule has 1 amide bonds. The Kier molecular flexibility index (Phi) is 7.45. The highest BCUT2D eigenvalue weighted by molar-refractivity contribution is 7.89. The number of pyridine rings is 1. The average Bonchev–Trinajstić information content (AvgIpc) is 2.78. The van der Waals surface area contributed by atoms with Gasteiger partial charge in [0.2, 0.25) is 15.9 Å². The lowest BCUT2D eigenvalue weighted by atomic mass is 10.3. The molecule has 0 radical (unpaired) electrons. The van der Waals surface area contributed by atoms with Gasteiger partial charge in [-0.2, -0.15) is 4.31 Å². The summed E-state index contributed by atoms with van der Waals surface area (Å²) in [5, 5.41) is 2.73. The maximum atomic E-state index is 12.7. The Balaban J connectivity index is 1.80. The van der Waals surface area contributed by atoms with Crippen molar-refractivity contribution in [3.05, 3.63) is 83.3 Å². The van der Waals surface area contributed by atoms with E-state index < -0.39 is 21.5 Å². The number of sulfonamides is 1. The normalized spacial score (nSPS) is 11.3. The standard InChI is InChI=1S/C23H25N3O5S/c1-3-26(4-2)32(29,30)19-14-15-23(28)25(16-19)17-22(27)24-20-12-8-9-13-21(20)31-18-10-6-5-7-11-18/h5-16H,3-4,17H2,1-2H3,(H,24,27). The second-order valence-corrected chi connectivity index (χ2v) is 8.82. The van der Waals surface area contributed by atoms with E-state index in [-0.39, 0.29) is 11.4 Å². The molecule has 1 heterocycles. The Morgan fingerprint density at radius 2 is 1.62 bits per heavy atom. The Labute approximate surface area is 187 Å². The molecule has 0 unspecified atom stereocenters. The van der Waals surface area contributed by atoms with E-state index >= 15 is 0 Å². The maximum absolute atomic E-state index is 12.7. The van der Waals surface area contributed by atoms with E-state index in [1.807, 2.05) is 18.2 Å². The third kappa shape index (κ3) is 5.43. The largest absolute Gasteiger partial charge is 0.455 e. The summed E-state index contributed by atoms with van der Waals surface area (Å²) in [6.45, 7) is 3.73. The number of rotatable bonds is 9. The molecule has 0 aliphatic carbocycles. The van der Waals surface area contributed by atoms with E-state index in [2.05, 4.69) is 5.32 Å². The number of carbonyl (C=O) groups excluding carboxylic acids is 1. The van der Waals surface area contributed by atoms with Crippen molar-refractivity contribution in [2.24, 2.45) is 0 Å². The number of aromatic nitrogens is 1. The summed E-state index contributed by atoms with van der Waals surface area (Å²) >= 11 is 0. The fraction of sp³-hybridized carbons (Fsp3) is 0.217. The maximum Gasteiger partial charge on any atom is 0.251 e. The quantitative estimate of drug-likeness (QED) is 0.534. The monoisotopic (exact) mass is 455 g/mol. The SMILES string of the molecule is CCN(CC)S(=O)(=O)c1ccc(=O)n(CC(=O)Nc2ccccc2Oc2ccccc2)c1. The van der Waals surface area contributed by atoms with Crippen LogP contribution in [0.3, 0.4) is 0 Å². The Morgan fingerprint density at radius 1 is 0.969 bits per heavy atom. The molecule has 2 aromatic carbocycles. The van der Waals surface area contributed by atoms with Crippen LogP contribution in [0.15, 0.2) is 82.6 Å². The van der Waals surface area contributed by atoms with Crippen LogP contribution < -0.4 is 15.6 Å². The average molecular weight is 456 g/mol. The van der Waals surface area contributed by atoms with E-state index in [1.54, 1.807) is 50.2 Å². The van der Waals surface area contributed by atoms with Gasteiger partial charge in [0, 0.05) is 25.4 Å². The van der Waals surface area contributed by atoms with Gasteiger partial charge in [0.25, 0.3) is 5.56 Å². The number of ether oxygens (including phenoxy) is 1. The van der Waals surface area contributed by atoms with Gasteiger partial charge in [0.1, 0.15) is 12.3 Å². The first kappa shape index (κ1) is 23.2. The molecule has 168 valence electrons. The smallest absolute Gasteiger partial charge is 0.251 e. The fourth-order valence-electron chi connectivity index (χ4n) is 3.12. The molecular formula is C23H25N3O5S. The highest BCUT2D eigenvalue weighted by atomic mass is 32.2. The van der Waals surface area contributed by atoms with Crippen LogP contribution in [-0.4, -0.2) is 36.3 Å². The van der Waals surface area contributed by atoms with E-state index in [4.69, 9.17) is 4.74 Å². The van der Waals surface area contributed by atoms with Gasteiger partial charge in [-0.15, -0.1) is 0 Å². The van der Waals surface area contributed by atoms with E-state index in [0.29, 0.717) is 30.3 Å².